The predicted octanol–water partition coefficient (Wildman–Crippen LogP) is 2.79. The summed E-state index contributed by atoms with van der Waals surface area (Å²) in [5.74, 6) is -4.95. The van der Waals surface area contributed by atoms with Crippen molar-refractivity contribution < 1.29 is 18.0 Å². The summed E-state index contributed by atoms with van der Waals surface area (Å²) < 4.78 is 38.9. The minimum atomic E-state index is -1.58. The molecule has 0 bridgehead atoms. The van der Waals surface area contributed by atoms with Crippen LogP contribution in [0.15, 0.2) is 30.6 Å². The largest absolute Gasteiger partial charge is 0.387 e. The summed E-state index contributed by atoms with van der Waals surface area (Å²) in [6, 6.07) is 2.97. The SMILES string of the molecule is CNc1ccncc1C(=O)Nc1cc(F)c(F)c(F)c1. The molecule has 0 spiro atoms. The minimum Gasteiger partial charge on any atom is -0.387 e. The van der Waals surface area contributed by atoms with Crippen molar-refractivity contribution in [3.05, 3.63) is 53.6 Å². The maximum absolute atomic E-state index is 13.0. The number of carbonyl (C=O) groups is 1. The average Bonchev–Trinajstić information content (AvgIpc) is 2.44. The summed E-state index contributed by atoms with van der Waals surface area (Å²) in [4.78, 5) is 15.8. The Balaban J connectivity index is 2.28. The molecule has 1 heterocycles. The fourth-order valence-corrected chi connectivity index (χ4v) is 1.62. The number of hydrogen-bond donors (Lipinski definition) is 2. The predicted molar refractivity (Wildman–Crippen MR) is 68.1 cm³/mol. The van der Waals surface area contributed by atoms with Crippen LogP contribution in [-0.2, 0) is 0 Å². The van der Waals surface area contributed by atoms with Gasteiger partial charge in [-0.05, 0) is 6.07 Å². The van der Waals surface area contributed by atoms with Gasteiger partial charge in [0.2, 0.25) is 0 Å². The average molecular weight is 281 g/mol. The molecular formula is C13H10F3N3O. The van der Waals surface area contributed by atoms with Gasteiger partial charge in [-0.2, -0.15) is 0 Å². The lowest BCUT2D eigenvalue weighted by atomic mass is 10.2. The second-order valence-electron chi connectivity index (χ2n) is 3.88. The molecule has 2 aromatic rings. The van der Waals surface area contributed by atoms with Crippen molar-refractivity contribution in [2.24, 2.45) is 0 Å². The fraction of sp³-hybridized carbons (Fsp3) is 0.0769. The van der Waals surface area contributed by atoms with Crippen molar-refractivity contribution >= 4 is 17.3 Å². The van der Waals surface area contributed by atoms with Crippen molar-refractivity contribution in [3.8, 4) is 0 Å². The number of amides is 1. The van der Waals surface area contributed by atoms with Crippen molar-refractivity contribution in [1.29, 1.82) is 0 Å². The van der Waals surface area contributed by atoms with E-state index >= 15 is 0 Å². The molecule has 0 aliphatic rings. The molecule has 4 nitrogen and oxygen atoms in total. The van der Waals surface area contributed by atoms with E-state index in [1.807, 2.05) is 0 Å². The molecule has 0 aliphatic heterocycles. The van der Waals surface area contributed by atoms with Crippen LogP contribution in [0.25, 0.3) is 0 Å². The van der Waals surface area contributed by atoms with Gasteiger partial charge >= 0.3 is 0 Å². The summed E-state index contributed by atoms with van der Waals surface area (Å²) in [6.07, 6.45) is 2.79. The van der Waals surface area contributed by atoms with Gasteiger partial charge in [0.05, 0.1) is 5.56 Å². The second-order valence-corrected chi connectivity index (χ2v) is 3.88. The first-order valence-corrected chi connectivity index (χ1v) is 5.60. The number of benzene rings is 1. The third-order valence-corrected chi connectivity index (χ3v) is 2.58. The summed E-state index contributed by atoms with van der Waals surface area (Å²) >= 11 is 0. The number of pyridine rings is 1. The van der Waals surface area contributed by atoms with E-state index in [1.54, 1.807) is 13.1 Å². The molecule has 20 heavy (non-hydrogen) atoms. The highest BCUT2D eigenvalue weighted by Gasteiger charge is 2.15. The smallest absolute Gasteiger partial charge is 0.259 e. The van der Waals surface area contributed by atoms with Gasteiger partial charge in [-0.3, -0.25) is 9.78 Å². The minimum absolute atomic E-state index is 0.183. The molecule has 2 rings (SSSR count). The molecule has 0 unspecified atom stereocenters. The molecule has 1 aromatic carbocycles. The number of aromatic nitrogens is 1. The van der Waals surface area contributed by atoms with Gasteiger partial charge in [-0.25, -0.2) is 13.2 Å². The first kappa shape index (κ1) is 13.9. The van der Waals surface area contributed by atoms with E-state index in [0.717, 1.165) is 0 Å². The molecule has 1 aromatic heterocycles. The second kappa shape index (κ2) is 5.60. The van der Waals surface area contributed by atoms with E-state index in [2.05, 4.69) is 15.6 Å². The first-order valence-electron chi connectivity index (χ1n) is 5.60. The van der Waals surface area contributed by atoms with Gasteiger partial charge in [0.1, 0.15) is 0 Å². The van der Waals surface area contributed by atoms with Crippen molar-refractivity contribution in [2.45, 2.75) is 0 Å². The van der Waals surface area contributed by atoms with Gasteiger partial charge in [0.25, 0.3) is 5.91 Å². The number of nitrogens with one attached hydrogen (secondary N) is 2. The Labute approximate surface area is 112 Å². The molecule has 2 N–H and O–H groups in total. The molecule has 0 saturated heterocycles. The van der Waals surface area contributed by atoms with Gasteiger partial charge in [-0.15, -0.1) is 0 Å². The molecular weight excluding hydrogens is 271 g/mol. The van der Waals surface area contributed by atoms with Crippen LogP contribution in [0.5, 0.6) is 0 Å². The van der Waals surface area contributed by atoms with E-state index in [4.69, 9.17) is 0 Å². The zero-order chi connectivity index (χ0) is 14.7. The Kier molecular flexibility index (Phi) is 3.88. The quantitative estimate of drug-likeness (QED) is 0.851. The molecule has 0 atom stereocenters. The van der Waals surface area contributed by atoms with E-state index < -0.39 is 23.4 Å². The number of hydrogen-bond acceptors (Lipinski definition) is 3. The highest BCUT2D eigenvalue weighted by atomic mass is 19.2. The maximum Gasteiger partial charge on any atom is 0.259 e. The third kappa shape index (κ3) is 2.71. The van der Waals surface area contributed by atoms with Crippen LogP contribution in [0.4, 0.5) is 24.5 Å². The van der Waals surface area contributed by atoms with E-state index in [-0.39, 0.29) is 11.3 Å². The molecule has 0 radical (unpaired) electrons. The summed E-state index contributed by atoms with van der Waals surface area (Å²) in [6.45, 7) is 0. The number of rotatable bonds is 3. The molecule has 1 amide bonds. The zero-order valence-corrected chi connectivity index (χ0v) is 10.4. The lowest BCUT2D eigenvalue weighted by molar-refractivity contribution is 0.102. The molecule has 0 aliphatic carbocycles. The normalized spacial score (nSPS) is 10.2. The van der Waals surface area contributed by atoms with Crippen molar-refractivity contribution in [2.75, 3.05) is 17.7 Å². The number of carbonyl (C=O) groups excluding carboxylic acids is 1. The monoisotopic (exact) mass is 281 g/mol. The third-order valence-electron chi connectivity index (χ3n) is 2.58. The van der Waals surface area contributed by atoms with Gasteiger partial charge in [-0.1, -0.05) is 0 Å². The molecule has 7 heteroatoms. The highest BCUT2D eigenvalue weighted by Crippen LogP contribution is 2.19. The first-order chi connectivity index (χ1) is 9.52. The highest BCUT2D eigenvalue weighted by molar-refractivity contribution is 6.07. The topological polar surface area (TPSA) is 54.0 Å². The Morgan fingerprint density at radius 3 is 2.45 bits per heavy atom. The van der Waals surface area contributed by atoms with Crippen LogP contribution in [0.1, 0.15) is 10.4 Å². The Morgan fingerprint density at radius 2 is 1.85 bits per heavy atom. The van der Waals surface area contributed by atoms with Crippen LogP contribution >= 0.6 is 0 Å². The lowest BCUT2D eigenvalue weighted by Crippen LogP contribution is -2.15. The van der Waals surface area contributed by atoms with Crippen molar-refractivity contribution in [1.82, 2.24) is 4.98 Å². The van der Waals surface area contributed by atoms with E-state index in [9.17, 15) is 18.0 Å². The van der Waals surface area contributed by atoms with Crippen LogP contribution in [-0.4, -0.2) is 17.9 Å². The summed E-state index contributed by atoms with van der Waals surface area (Å²) in [5, 5.41) is 5.06. The lowest BCUT2D eigenvalue weighted by Gasteiger charge is -2.09. The van der Waals surface area contributed by atoms with Gasteiger partial charge < -0.3 is 10.6 Å². The number of halogens is 3. The van der Waals surface area contributed by atoms with Crippen LogP contribution in [0.2, 0.25) is 0 Å². The van der Waals surface area contributed by atoms with E-state index in [0.29, 0.717) is 17.8 Å². The number of nitrogens with zero attached hydrogens (tertiary/aromatic N) is 1. The van der Waals surface area contributed by atoms with Gasteiger partial charge in [0, 0.05) is 42.9 Å². The molecule has 0 saturated carbocycles. The standard InChI is InChI=1S/C13H10F3N3O/c1-17-11-2-3-18-6-8(11)13(20)19-7-4-9(14)12(16)10(15)5-7/h2-6H,1H3,(H,17,18)(H,19,20). The zero-order valence-electron chi connectivity index (χ0n) is 10.4. The maximum atomic E-state index is 13.0. The molecule has 104 valence electrons. The summed E-state index contributed by atoms with van der Waals surface area (Å²) in [5.41, 5.74) is 0.512. The van der Waals surface area contributed by atoms with Crippen LogP contribution in [0, 0.1) is 17.5 Å². The van der Waals surface area contributed by atoms with Crippen molar-refractivity contribution in [3.63, 3.8) is 0 Å². The van der Waals surface area contributed by atoms with Gasteiger partial charge in [0.15, 0.2) is 17.5 Å². The Morgan fingerprint density at radius 1 is 1.20 bits per heavy atom. The fourth-order valence-electron chi connectivity index (χ4n) is 1.62. The Bertz CT molecular complexity index is 638. The van der Waals surface area contributed by atoms with Crippen LogP contribution in [0.3, 0.4) is 0 Å². The number of anilines is 2. The summed E-state index contributed by atoms with van der Waals surface area (Å²) in [7, 11) is 1.61. The van der Waals surface area contributed by atoms with Crippen LogP contribution < -0.4 is 10.6 Å². The van der Waals surface area contributed by atoms with E-state index in [1.165, 1.54) is 12.4 Å². The Hall–Kier alpha value is -2.57. The molecule has 0 fully saturated rings.